The highest BCUT2D eigenvalue weighted by atomic mass is 35.5. The van der Waals surface area contributed by atoms with Gasteiger partial charge in [0.25, 0.3) is 0 Å². The number of halogens is 1. The molecule has 4 heterocycles. The van der Waals surface area contributed by atoms with Crippen molar-refractivity contribution in [2.45, 2.75) is 43.4 Å². The van der Waals surface area contributed by atoms with E-state index in [1.165, 1.54) is 11.0 Å². The number of aromatic nitrogens is 6. The van der Waals surface area contributed by atoms with Gasteiger partial charge in [0.05, 0.1) is 34.9 Å². The van der Waals surface area contributed by atoms with Crippen molar-refractivity contribution in [3.05, 3.63) is 107 Å². The van der Waals surface area contributed by atoms with Crippen molar-refractivity contribution in [1.82, 2.24) is 29.1 Å². The van der Waals surface area contributed by atoms with Crippen molar-refractivity contribution in [2.75, 3.05) is 54.9 Å². The minimum Gasteiger partial charge on any atom is -0.491 e. The lowest BCUT2D eigenvalue weighted by Crippen LogP contribution is -2.46. The standard InChI is InChI=1S/C36H41ClN8O5S/c1-4-26(2)45-35(46)44(25-39-45)31-11-9-29(10-12-31)42-17-19-43(20-18-42)30-13-15-32(16-14-30)48-21-33-22-49-36(50-33,27-5-7-28(37)8-6-27)23-51(47)34-40-38-24-41(34)3/h5-16,24-26,33H,4,17-23H2,1-3H3/t26?,33-,36+,51?/m0/s1. The van der Waals surface area contributed by atoms with Gasteiger partial charge < -0.3 is 28.6 Å². The van der Waals surface area contributed by atoms with Crippen molar-refractivity contribution in [2.24, 2.45) is 7.05 Å². The molecule has 4 atom stereocenters. The molecule has 2 fully saturated rings. The van der Waals surface area contributed by atoms with Crippen LogP contribution in [0.2, 0.25) is 5.02 Å². The molecule has 0 N–H and O–H groups in total. The van der Waals surface area contributed by atoms with Gasteiger partial charge in [-0.1, -0.05) is 30.7 Å². The Morgan fingerprint density at radius 2 is 1.57 bits per heavy atom. The third kappa shape index (κ3) is 7.45. The molecule has 2 aromatic heterocycles. The number of hydrogen-bond donors (Lipinski definition) is 0. The molecule has 3 aromatic carbocycles. The van der Waals surface area contributed by atoms with Crippen LogP contribution in [-0.4, -0.2) is 84.6 Å². The maximum Gasteiger partial charge on any atom is 0.350 e. The van der Waals surface area contributed by atoms with E-state index in [9.17, 15) is 9.00 Å². The second-order valence-corrected chi connectivity index (χ2v) is 14.6. The Kier molecular flexibility index (Phi) is 10.3. The van der Waals surface area contributed by atoms with Crippen molar-refractivity contribution in [1.29, 1.82) is 0 Å². The molecule has 2 saturated heterocycles. The highest BCUT2D eigenvalue weighted by molar-refractivity contribution is 7.84. The summed E-state index contributed by atoms with van der Waals surface area (Å²) in [7, 11) is 0.210. The van der Waals surface area contributed by atoms with Gasteiger partial charge in [0.2, 0.25) is 10.9 Å². The van der Waals surface area contributed by atoms with Crippen molar-refractivity contribution in [3.63, 3.8) is 0 Å². The van der Waals surface area contributed by atoms with E-state index in [1.54, 1.807) is 34.6 Å². The summed E-state index contributed by atoms with van der Waals surface area (Å²) in [6.07, 6.45) is 3.57. The average Bonchev–Trinajstić information content (AvgIpc) is 3.89. The molecule has 13 nitrogen and oxygen atoms in total. The minimum absolute atomic E-state index is 0.0389. The van der Waals surface area contributed by atoms with Crippen LogP contribution in [0.5, 0.6) is 5.75 Å². The molecule has 0 bridgehead atoms. The first-order valence-corrected chi connectivity index (χ1v) is 18.7. The van der Waals surface area contributed by atoms with Crippen LogP contribution in [0.4, 0.5) is 11.4 Å². The molecular weight excluding hydrogens is 692 g/mol. The Balaban J connectivity index is 0.925. The molecule has 7 rings (SSSR count). The minimum atomic E-state index is -1.54. The highest BCUT2D eigenvalue weighted by Gasteiger charge is 2.45. The van der Waals surface area contributed by atoms with Gasteiger partial charge in [0.15, 0.2) is 0 Å². The molecule has 2 aliphatic heterocycles. The zero-order valence-corrected chi connectivity index (χ0v) is 30.4. The summed E-state index contributed by atoms with van der Waals surface area (Å²) < 4.78 is 36.9. The fraction of sp³-hybridized carbons (Fsp3) is 0.389. The lowest BCUT2D eigenvalue weighted by atomic mass is 10.1. The molecule has 2 unspecified atom stereocenters. The number of anilines is 2. The van der Waals surface area contributed by atoms with Crippen molar-refractivity contribution < 1.29 is 18.4 Å². The van der Waals surface area contributed by atoms with Crippen LogP contribution in [0.3, 0.4) is 0 Å². The number of benzene rings is 3. The number of piperazine rings is 1. The van der Waals surface area contributed by atoms with Crippen LogP contribution in [0.1, 0.15) is 31.9 Å². The van der Waals surface area contributed by atoms with Gasteiger partial charge in [0, 0.05) is 55.2 Å². The van der Waals surface area contributed by atoms with Crippen molar-refractivity contribution in [3.8, 4) is 11.4 Å². The van der Waals surface area contributed by atoms with E-state index in [0.29, 0.717) is 15.7 Å². The number of aryl methyl sites for hydroxylation is 1. The molecule has 0 spiro atoms. The SMILES string of the molecule is CCC(C)n1ncn(-c2ccc(N3CCN(c4ccc(OC[C@H]5CO[C@@](CS(=O)c6nncn6C)(c6ccc(Cl)cc6)O5)cc4)CC3)cc2)c1=O. The molecule has 0 radical (unpaired) electrons. The molecule has 2 aliphatic rings. The molecule has 51 heavy (non-hydrogen) atoms. The lowest BCUT2D eigenvalue weighted by Gasteiger charge is -2.37. The van der Waals surface area contributed by atoms with E-state index in [4.69, 9.17) is 25.8 Å². The van der Waals surface area contributed by atoms with Crippen LogP contribution in [0.25, 0.3) is 5.69 Å². The Hall–Kier alpha value is -4.50. The quantitative estimate of drug-likeness (QED) is 0.180. The summed E-state index contributed by atoms with van der Waals surface area (Å²) in [5.74, 6) is -0.487. The van der Waals surface area contributed by atoms with Crippen molar-refractivity contribution >= 4 is 33.8 Å². The van der Waals surface area contributed by atoms with Gasteiger partial charge in [0.1, 0.15) is 31.1 Å². The Labute approximate surface area is 303 Å². The predicted molar refractivity (Wildman–Crippen MR) is 195 cm³/mol. The van der Waals surface area contributed by atoms with Crippen LogP contribution in [0, 0.1) is 0 Å². The van der Waals surface area contributed by atoms with Crippen LogP contribution in [0.15, 0.2) is 95.4 Å². The fourth-order valence-corrected chi connectivity index (χ4v) is 7.76. The smallest absolute Gasteiger partial charge is 0.350 e. The number of ether oxygens (including phenoxy) is 3. The maximum atomic E-state index is 13.3. The predicted octanol–water partition coefficient (Wildman–Crippen LogP) is 4.57. The van der Waals surface area contributed by atoms with E-state index in [2.05, 4.69) is 49.4 Å². The molecule has 268 valence electrons. The molecule has 5 aromatic rings. The zero-order valence-electron chi connectivity index (χ0n) is 28.8. The highest BCUT2D eigenvalue weighted by Crippen LogP contribution is 2.37. The Morgan fingerprint density at radius 3 is 2.18 bits per heavy atom. The summed E-state index contributed by atoms with van der Waals surface area (Å²) in [4.78, 5) is 17.5. The second-order valence-electron chi connectivity index (χ2n) is 12.8. The first-order valence-electron chi connectivity index (χ1n) is 17.0. The topological polar surface area (TPSA) is 122 Å². The number of rotatable bonds is 12. The number of hydrogen-bond acceptors (Lipinski definition) is 10. The summed E-state index contributed by atoms with van der Waals surface area (Å²) in [6, 6.07) is 23.4. The lowest BCUT2D eigenvalue weighted by molar-refractivity contribution is -0.160. The maximum absolute atomic E-state index is 13.3. The number of nitrogens with zero attached hydrogens (tertiary/aromatic N) is 8. The molecule has 0 aliphatic carbocycles. The van der Waals surface area contributed by atoms with E-state index in [1.807, 2.05) is 50.2 Å². The first kappa shape index (κ1) is 34.9. The first-order chi connectivity index (χ1) is 24.7. The largest absolute Gasteiger partial charge is 0.491 e. The average molecular weight is 733 g/mol. The monoisotopic (exact) mass is 732 g/mol. The summed E-state index contributed by atoms with van der Waals surface area (Å²) in [5.41, 5.74) is 3.66. The third-order valence-corrected chi connectivity index (χ3v) is 11.1. The molecule has 15 heteroatoms. The van der Waals surface area contributed by atoms with Gasteiger partial charge in [-0.3, -0.25) is 4.21 Å². The van der Waals surface area contributed by atoms with Gasteiger partial charge in [-0.25, -0.2) is 14.0 Å². The fourth-order valence-electron chi connectivity index (χ4n) is 6.34. The second kappa shape index (κ2) is 15.0. The zero-order chi connectivity index (χ0) is 35.5. The van der Waals surface area contributed by atoms with Crippen LogP contribution < -0.4 is 20.2 Å². The summed E-state index contributed by atoms with van der Waals surface area (Å²) in [6.45, 7) is 8.07. The molecule has 0 saturated carbocycles. The van der Waals surface area contributed by atoms with E-state index in [-0.39, 0.29) is 36.8 Å². The Bertz CT molecular complexity index is 2010. The van der Waals surface area contributed by atoms with Crippen LogP contribution in [-0.2, 0) is 33.1 Å². The van der Waals surface area contributed by atoms with Gasteiger partial charge in [-0.2, -0.15) is 5.10 Å². The Morgan fingerprint density at radius 1 is 0.941 bits per heavy atom. The van der Waals surface area contributed by atoms with Gasteiger partial charge in [-0.15, -0.1) is 10.2 Å². The normalized spacial score (nSPS) is 20.4. The third-order valence-electron chi connectivity index (χ3n) is 9.45. The van der Waals surface area contributed by atoms with E-state index in [0.717, 1.165) is 55.4 Å². The summed E-state index contributed by atoms with van der Waals surface area (Å²) in [5, 5.41) is 13.1. The molecular formula is C36H41ClN8O5S. The van der Waals surface area contributed by atoms with E-state index < -0.39 is 16.6 Å². The summed E-state index contributed by atoms with van der Waals surface area (Å²) >= 11 is 6.15. The van der Waals surface area contributed by atoms with Gasteiger partial charge >= 0.3 is 5.69 Å². The van der Waals surface area contributed by atoms with Crippen LogP contribution >= 0.6 is 11.6 Å². The van der Waals surface area contributed by atoms with E-state index >= 15 is 0 Å². The van der Waals surface area contributed by atoms with Gasteiger partial charge in [-0.05, 0) is 74.0 Å². The molecule has 0 amide bonds.